The van der Waals surface area contributed by atoms with Crippen LogP contribution in [0.5, 0.6) is 5.75 Å². The summed E-state index contributed by atoms with van der Waals surface area (Å²) in [7, 11) is 0. The molecule has 0 spiro atoms. The lowest BCUT2D eigenvalue weighted by molar-refractivity contribution is 0.200. The van der Waals surface area contributed by atoms with Crippen LogP contribution in [0.4, 0.5) is 0 Å². The Labute approximate surface area is 135 Å². The van der Waals surface area contributed by atoms with Gasteiger partial charge in [0.05, 0.1) is 12.2 Å². The van der Waals surface area contributed by atoms with Gasteiger partial charge in [0, 0.05) is 6.42 Å². The van der Waals surface area contributed by atoms with Crippen molar-refractivity contribution in [1.29, 1.82) is 5.26 Å². The largest absolute Gasteiger partial charge is 0.488 e. The molecule has 1 aromatic heterocycles. The van der Waals surface area contributed by atoms with Gasteiger partial charge in [0.25, 0.3) is 5.56 Å². The number of para-hydroxylation sites is 1. The first-order valence-electron chi connectivity index (χ1n) is 7.95. The molecule has 2 heterocycles. The minimum Gasteiger partial charge on any atom is -0.488 e. The quantitative estimate of drug-likeness (QED) is 0.868. The molecular formula is C18H19N3O2. The summed E-state index contributed by atoms with van der Waals surface area (Å²) in [6.45, 7) is 4.29. The molecule has 2 aromatic rings. The first kappa shape index (κ1) is 15.3. The Morgan fingerprint density at radius 1 is 1.35 bits per heavy atom. The number of hydrogen-bond donors (Lipinski definition) is 0. The third kappa shape index (κ3) is 2.72. The lowest BCUT2D eigenvalue weighted by Crippen LogP contribution is -2.34. The maximum Gasteiger partial charge on any atom is 0.285 e. The third-order valence-corrected chi connectivity index (χ3v) is 4.23. The van der Waals surface area contributed by atoms with E-state index in [1.165, 1.54) is 4.68 Å². The van der Waals surface area contributed by atoms with Crippen molar-refractivity contribution in [2.24, 2.45) is 0 Å². The van der Waals surface area contributed by atoms with Gasteiger partial charge >= 0.3 is 0 Å². The molecule has 1 aliphatic rings. The van der Waals surface area contributed by atoms with E-state index in [1.54, 1.807) is 0 Å². The molecule has 118 valence electrons. The third-order valence-electron chi connectivity index (χ3n) is 4.23. The number of rotatable bonds is 4. The molecule has 0 bridgehead atoms. The summed E-state index contributed by atoms with van der Waals surface area (Å²) >= 11 is 0. The van der Waals surface area contributed by atoms with Crippen molar-refractivity contribution in [1.82, 2.24) is 9.78 Å². The molecule has 0 fully saturated rings. The van der Waals surface area contributed by atoms with Gasteiger partial charge in [-0.2, -0.15) is 10.4 Å². The number of aromatic nitrogens is 2. The van der Waals surface area contributed by atoms with E-state index in [0.717, 1.165) is 29.0 Å². The first-order chi connectivity index (χ1) is 11.2. The number of hydrogen-bond acceptors (Lipinski definition) is 4. The highest BCUT2D eigenvalue weighted by Gasteiger charge is 2.24. The van der Waals surface area contributed by atoms with Crippen LogP contribution in [0.1, 0.15) is 36.2 Å². The average molecular weight is 309 g/mol. The Kier molecular flexibility index (Phi) is 4.16. The molecule has 23 heavy (non-hydrogen) atoms. The number of ether oxygens (including phenoxy) is 1. The molecular weight excluding hydrogens is 290 g/mol. The van der Waals surface area contributed by atoms with Crippen LogP contribution in [-0.4, -0.2) is 15.9 Å². The zero-order valence-electron chi connectivity index (χ0n) is 13.4. The van der Waals surface area contributed by atoms with Gasteiger partial charge in [-0.15, -0.1) is 0 Å². The fourth-order valence-electron chi connectivity index (χ4n) is 3.11. The number of nitrogens with zero attached hydrogens (tertiary/aromatic N) is 3. The van der Waals surface area contributed by atoms with E-state index in [-0.39, 0.29) is 17.2 Å². The summed E-state index contributed by atoms with van der Waals surface area (Å²) in [5, 5.41) is 13.8. The van der Waals surface area contributed by atoms with Crippen LogP contribution in [0.3, 0.4) is 0 Å². The molecule has 0 aliphatic carbocycles. The molecule has 1 aromatic carbocycles. The molecule has 0 N–H and O–H groups in total. The first-order valence-corrected chi connectivity index (χ1v) is 7.95. The Hall–Kier alpha value is -2.61. The van der Waals surface area contributed by atoms with E-state index >= 15 is 0 Å². The topological polar surface area (TPSA) is 67.9 Å². The Morgan fingerprint density at radius 3 is 2.78 bits per heavy atom. The zero-order chi connectivity index (χ0) is 16.4. The second-order valence-electron chi connectivity index (χ2n) is 5.66. The van der Waals surface area contributed by atoms with Crippen molar-refractivity contribution >= 4 is 0 Å². The smallest absolute Gasteiger partial charge is 0.285 e. The molecule has 1 unspecified atom stereocenters. The summed E-state index contributed by atoms with van der Waals surface area (Å²) in [5.74, 6) is 0.868. The van der Waals surface area contributed by atoms with Crippen LogP contribution < -0.4 is 10.3 Å². The second kappa shape index (κ2) is 6.25. The van der Waals surface area contributed by atoms with Gasteiger partial charge in [0.2, 0.25) is 0 Å². The number of fused-ring (bicyclic) bond motifs is 1. The minimum absolute atomic E-state index is 0.124. The summed E-state index contributed by atoms with van der Waals surface area (Å²) in [6.07, 6.45) is 1.97. The summed E-state index contributed by atoms with van der Waals surface area (Å²) < 4.78 is 7.28. The fourth-order valence-corrected chi connectivity index (χ4v) is 3.11. The van der Waals surface area contributed by atoms with Crippen molar-refractivity contribution in [2.75, 3.05) is 0 Å². The molecule has 0 saturated carbocycles. The Bertz CT molecular complexity index is 808. The van der Waals surface area contributed by atoms with Gasteiger partial charge in [-0.3, -0.25) is 4.79 Å². The van der Waals surface area contributed by atoms with Gasteiger partial charge in [0.1, 0.15) is 23.5 Å². The maximum atomic E-state index is 12.5. The average Bonchev–Trinajstić information content (AvgIpc) is 2.98. The summed E-state index contributed by atoms with van der Waals surface area (Å²) in [6, 6.07) is 9.94. The van der Waals surface area contributed by atoms with Gasteiger partial charge in [-0.1, -0.05) is 32.0 Å². The van der Waals surface area contributed by atoms with Crippen molar-refractivity contribution in [3.63, 3.8) is 0 Å². The lowest BCUT2D eigenvalue weighted by Gasteiger charge is -2.15. The standard InChI is InChI=1S/C18H19N3O2/c1-3-14-15(10-19)18(22)21(20-16(14)4-2)11-13-9-12-7-5-6-8-17(12)23-13/h5-8,13H,3-4,9,11H2,1-2H3. The van der Waals surface area contributed by atoms with Crippen LogP contribution in [0.15, 0.2) is 29.1 Å². The highest BCUT2D eigenvalue weighted by molar-refractivity contribution is 5.39. The number of aryl methyl sites for hydroxylation is 1. The number of nitriles is 1. The van der Waals surface area contributed by atoms with Crippen LogP contribution in [0.25, 0.3) is 0 Å². The van der Waals surface area contributed by atoms with Crippen LogP contribution in [0.2, 0.25) is 0 Å². The van der Waals surface area contributed by atoms with Crippen LogP contribution in [0, 0.1) is 11.3 Å². The maximum absolute atomic E-state index is 12.5. The molecule has 1 atom stereocenters. The monoisotopic (exact) mass is 309 g/mol. The van der Waals surface area contributed by atoms with Gasteiger partial charge in [-0.25, -0.2) is 4.68 Å². The highest BCUT2D eigenvalue weighted by Crippen LogP contribution is 2.28. The molecule has 1 aliphatic heterocycles. The van der Waals surface area contributed by atoms with Crippen molar-refractivity contribution in [3.8, 4) is 11.8 Å². The van der Waals surface area contributed by atoms with E-state index in [9.17, 15) is 10.1 Å². The normalized spacial score (nSPS) is 15.8. The fraction of sp³-hybridized carbons (Fsp3) is 0.389. The van der Waals surface area contributed by atoms with Crippen LogP contribution >= 0.6 is 0 Å². The predicted molar refractivity (Wildman–Crippen MR) is 86.5 cm³/mol. The van der Waals surface area contributed by atoms with E-state index in [1.807, 2.05) is 38.1 Å². The molecule has 0 amide bonds. The van der Waals surface area contributed by atoms with Crippen molar-refractivity contribution in [3.05, 3.63) is 57.0 Å². The Morgan fingerprint density at radius 2 is 2.13 bits per heavy atom. The Balaban J connectivity index is 1.93. The second-order valence-corrected chi connectivity index (χ2v) is 5.66. The predicted octanol–water partition coefficient (Wildman–Crippen LogP) is 2.24. The van der Waals surface area contributed by atoms with Gasteiger partial charge < -0.3 is 4.74 Å². The molecule has 5 heteroatoms. The van der Waals surface area contributed by atoms with Crippen molar-refractivity contribution < 1.29 is 4.74 Å². The van der Waals surface area contributed by atoms with Crippen LogP contribution in [-0.2, 0) is 25.8 Å². The van der Waals surface area contributed by atoms with E-state index in [0.29, 0.717) is 19.4 Å². The van der Waals surface area contributed by atoms with Crippen molar-refractivity contribution in [2.45, 2.75) is 45.8 Å². The molecule has 3 rings (SSSR count). The highest BCUT2D eigenvalue weighted by atomic mass is 16.5. The van der Waals surface area contributed by atoms with E-state index in [2.05, 4.69) is 11.2 Å². The summed E-state index contributed by atoms with van der Waals surface area (Å²) in [4.78, 5) is 12.5. The SMILES string of the molecule is CCc1nn(CC2Cc3ccccc3O2)c(=O)c(C#N)c1CC. The summed E-state index contributed by atoms with van der Waals surface area (Å²) in [5.41, 5.74) is 2.63. The molecule has 5 nitrogen and oxygen atoms in total. The molecule has 0 saturated heterocycles. The molecule has 0 radical (unpaired) electrons. The van der Waals surface area contributed by atoms with Gasteiger partial charge in [0.15, 0.2) is 0 Å². The van der Waals surface area contributed by atoms with Gasteiger partial charge in [-0.05, 0) is 30.0 Å². The zero-order valence-corrected chi connectivity index (χ0v) is 13.4. The van der Waals surface area contributed by atoms with E-state index < -0.39 is 0 Å². The number of benzene rings is 1. The van der Waals surface area contributed by atoms with E-state index in [4.69, 9.17) is 4.74 Å². The lowest BCUT2D eigenvalue weighted by atomic mass is 10.0. The minimum atomic E-state index is -0.318.